The second kappa shape index (κ2) is 6.50. The Morgan fingerprint density at radius 2 is 1.91 bits per heavy atom. The first-order valence-electron chi connectivity index (χ1n) is 7.02. The molecule has 0 saturated carbocycles. The second-order valence-corrected chi connectivity index (χ2v) is 4.91. The maximum absolute atomic E-state index is 12.3. The van der Waals surface area contributed by atoms with Gasteiger partial charge in [0.2, 0.25) is 5.52 Å². The van der Waals surface area contributed by atoms with Gasteiger partial charge in [0.25, 0.3) is 11.7 Å². The highest BCUT2D eigenvalue weighted by atomic mass is 16.5. The standard InChI is InChI=1S/C13H16N6O4/c20-16-13(15-17-5-7-23-8-6-17)14-12-9-18(21)10-3-1-2-4-11(10)19(12)22/h1-4,9,20H,5-8H2,(H2,14,15,16). The van der Waals surface area contributed by atoms with Crippen molar-refractivity contribution in [2.75, 3.05) is 31.6 Å². The molecule has 2 aromatic rings. The molecule has 3 rings (SSSR count). The van der Waals surface area contributed by atoms with Crippen molar-refractivity contribution in [2.45, 2.75) is 0 Å². The van der Waals surface area contributed by atoms with E-state index in [-0.39, 0.29) is 22.8 Å². The predicted octanol–water partition coefficient (Wildman–Crippen LogP) is -0.899. The van der Waals surface area contributed by atoms with Crippen molar-refractivity contribution >= 4 is 22.8 Å². The quantitative estimate of drug-likeness (QED) is 0.164. The number of anilines is 1. The molecule has 23 heavy (non-hydrogen) atoms. The van der Waals surface area contributed by atoms with E-state index in [1.165, 1.54) is 6.07 Å². The van der Waals surface area contributed by atoms with Gasteiger partial charge in [0.1, 0.15) is 0 Å². The molecule has 0 spiro atoms. The van der Waals surface area contributed by atoms with E-state index in [0.717, 1.165) is 6.20 Å². The number of fused-ring (bicyclic) bond motifs is 1. The smallest absolute Gasteiger partial charge is 0.352 e. The normalized spacial score (nSPS) is 16.4. The van der Waals surface area contributed by atoms with Gasteiger partial charge < -0.3 is 20.4 Å². The zero-order valence-corrected chi connectivity index (χ0v) is 12.2. The van der Waals surface area contributed by atoms with Gasteiger partial charge >= 0.3 is 11.8 Å². The van der Waals surface area contributed by atoms with Crippen molar-refractivity contribution in [3.63, 3.8) is 0 Å². The van der Waals surface area contributed by atoms with E-state index in [4.69, 9.17) is 9.94 Å². The molecule has 1 saturated heterocycles. The number of aromatic nitrogens is 2. The van der Waals surface area contributed by atoms with Crippen LogP contribution in [0, 0.1) is 10.4 Å². The molecular formula is C13H16N6O4. The van der Waals surface area contributed by atoms with Crippen LogP contribution in [0.15, 0.2) is 35.6 Å². The van der Waals surface area contributed by atoms with Gasteiger partial charge in [-0.3, -0.25) is 5.43 Å². The number of oxime groups is 1. The van der Waals surface area contributed by atoms with Gasteiger partial charge in [-0.15, -0.1) is 0 Å². The van der Waals surface area contributed by atoms with Gasteiger partial charge in [-0.1, -0.05) is 12.1 Å². The van der Waals surface area contributed by atoms with E-state index >= 15 is 0 Å². The average Bonchev–Trinajstić information content (AvgIpc) is 2.59. The first-order chi connectivity index (χ1) is 11.2. The van der Waals surface area contributed by atoms with Gasteiger partial charge in [-0.2, -0.15) is 4.73 Å². The van der Waals surface area contributed by atoms with Crippen LogP contribution in [0.1, 0.15) is 0 Å². The molecule has 0 radical (unpaired) electrons. The zero-order valence-electron chi connectivity index (χ0n) is 12.2. The Labute approximate surface area is 131 Å². The number of rotatable bonds is 2. The van der Waals surface area contributed by atoms with Crippen molar-refractivity contribution in [2.24, 2.45) is 5.16 Å². The van der Waals surface area contributed by atoms with Gasteiger partial charge in [0, 0.05) is 19.2 Å². The summed E-state index contributed by atoms with van der Waals surface area (Å²) in [5.74, 6) is -0.126. The van der Waals surface area contributed by atoms with Gasteiger partial charge in [0.05, 0.1) is 13.2 Å². The fourth-order valence-corrected chi connectivity index (χ4v) is 2.29. The third-order valence-corrected chi connectivity index (χ3v) is 3.42. The number of nitrogens with one attached hydrogen (secondary N) is 2. The van der Waals surface area contributed by atoms with Crippen LogP contribution in [0.3, 0.4) is 0 Å². The van der Waals surface area contributed by atoms with E-state index in [2.05, 4.69) is 15.9 Å². The van der Waals surface area contributed by atoms with Gasteiger partial charge in [-0.05, 0) is 11.2 Å². The summed E-state index contributed by atoms with van der Waals surface area (Å²) < 4.78 is 6.36. The highest BCUT2D eigenvalue weighted by molar-refractivity contribution is 5.91. The van der Waals surface area contributed by atoms with Gasteiger partial charge in [0.15, 0.2) is 0 Å². The molecule has 0 aliphatic carbocycles. The summed E-state index contributed by atoms with van der Waals surface area (Å²) in [5.41, 5.74) is 3.28. The first kappa shape index (κ1) is 15.1. The van der Waals surface area contributed by atoms with Crippen molar-refractivity contribution in [3.05, 3.63) is 40.9 Å². The maximum Gasteiger partial charge on any atom is 0.352 e. The van der Waals surface area contributed by atoms with Crippen molar-refractivity contribution in [1.29, 1.82) is 0 Å². The fraction of sp³-hybridized carbons (Fsp3) is 0.308. The lowest BCUT2D eigenvalue weighted by atomic mass is 10.3. The molecule has 1 aromatic carbocycles. The van der Waals surface area contributed by atoms with Crippen molar-refractivity contribution in [3.8, 4) is 0 Å². The third kappa shape index (κ3) is 3.17. The van der Waals surface area contributed by atoms with Crippen molar-refractivity contribution in [1.82, 2.24) is 10.4 Å². The van der Waals surface area contributed by atoms with Crippen LogP contribution in [0.5, 0.6) is 0 Å². The predicted molar refractivity (Wildman–Crippen MR) is 80.2 cm³/mol. The minimum atomic E-state index is -0.0632. The van der Waals surface area contributed by atoms with Crippen LogP contribution >= 0.6 is 0 Å². The summed E-state index contributed by atoms with van der Waals surface area (Å²) in [4.78, 5) is 0. The second-order valence-electron chi connectivity index (χ2n) is 4.91. The Morgan fingerprint density at radius 1 is 1.22 bits per heavy atom. The molecule has 0 bridgehead atoms. The minimum Gasteiger partial charge on any atom is -0.710 e. The van der Waals surface area contributed by atoms with E-state index in [9.17, 15) is 10.4 Å². The Morgan fingerprint density at radius 3 is 2.61 bits per heavy atom. The van der Waals surface area contributed by atoms with Gasteiger partial charge in [-0.25, -0.2) is 15.1 Å². The molecule has 10 nitrogen and oxygen atoms in total. The topological polar surface area (TPSA) is 123 Å². The number of guanidine groups is 1. The molecule has 1 aliphatic rings. The molecule has 0 unspecified atom stereocenters. The SMILES string of the molecule is [O-][n+]1cc(NC(=NO)NN2CCOCC2)[n+]([O-])c2ccccc21. The third-order valence-electron chi connectivity index (χ3n) is 3.42. The summed E-state index contributed by atoms with van der Waals surface area (Å²) in [7, 11) is 0. The number of benzene rings is 1. The van der Waals surface area contributed by atoms with Crippen LogP contribution in [-0.4, -0.2) is 42.5 Å². The molecule has 1 aromatic heterocycles. The Bertz CT molecular complexity index is 732. The van der Waals surface area contributed by atoms with Crippen LogP contribution in [0.4, 0.5) is 5.82 Å². The highest BCUT2D eigenvalue weighted by Gasteiger charge is 2.21. The number of hydrazine groups is 1. The maximum atomic E-state index is 12.3. The zero-order chi connectivity index (χ0) is 16.2. The van der Waals surface area contributed by atoms with E-state index in [0.29, 0.717) is 35.8 Å². The highest BCUT2D eigenvalue weighted by Crippen LogP contribution is 2.07. The largest absolute Gasteiger partial charge is 0.710 e. The molecule has 0 amide bonds. The molecule has 1 aliphatic heterocycles. The lowest BCUT2D eigenvalue weighted by Gasteiger charge is -2.26. The van der Waals surface area contributed by atoms with Crippen LogP contribution in [-0.2, 0) is 4.74 Å². The molecule has 10 heteroatoms. The molecule has 0 atom stereocenters. The molecule has 122 valence electrons. The van der Waals surface area contributed by atoms with Crippen LogP contribution in [0.2, 0.25) is 0 Å². The van der Waals surface area contributed by atoms with Crippen LogP contribution in [0.25, 0.3) is 11.0 Å². The summed E-state index contributed by atoms with van der Waals surface area (Å²) in [6, 6.07) is 6.42. The van der Waals surface area contributed by atoms with Crippen molar-refractivity contribution < 1.29 is 19.4 Å². The summed E-state index contributed by atoms with van der Waals surface area (Å²) in [6.45, 7) is 2.28. The number of ether oxygens (including phenoxy) is 1. The number of hydrogen-bond acceptors (Lipinski definition) is 6. The minimum absolute atomic E-state index is 0.0627. The molecule has 3 N–H and O–H groups in total. The van der Waals surface area contributed by atoms with E-state index in [1.54, 1.807) is 23.2 Å². The lowest BCUT2D eigenvalue weighted by molar-refractivity contribution is -0.618. The number of morpholine rings is 1. The molecule has 1 fully saturated rings. The Balaban J connectivity index is 1.83. The van der Waals surface area contributed by atoms with E-state index in [1.807, 2.05) is 0 Å². The first-order valence-corrected chi connectivity index (χ1v) is 7.02. The Hall–Kier alpha value is -2.85. The lowest BCUT2D eigenvalue weighted by Crippen LogP contribution is -2.52. The molecule has 2 heterocycles. The summed E-state index contributed by atoms with van der Waals surface area (Å²) >= 11 is 0. The Kier molecular flexibility index (Phi) is 4.26. The monoisotopic (exact) mass is 320 g/mol. The average molecular weight is 320 g/mol. The summed E-state index contributed by atoms with van der Waals surface area (Å²) in [5, 5.41) is 40.9. The van der Waals surface area contributed by atoms with E-state index < -0.39 is 0 Å². The fourth-order valence-electron chi connectivity index (χ4n) is 2.29. The number of para-hydroxylation sites is 2. The number of nitrogens with zero attached hydrogens (tertiary/aromatic N) is 4. The number of hydrogen-bond donors (Lipinski definition) is 3. The van der Waals surface area contributed by atoms with Crippen LogP contribution < -0.4 is 20.2 Å². The molecular weight excluding hydrogens is 304 g/mol. The summed E-state index contributed by atoms with van der Waals surface area (Å²) in [6.07, 6.45) is 1.08.